The van der Waals surface area contributed by atoms with Crippen LogP contribution in [0.5, 0.6) is 0 Å². The Morgan fingerprint density at radius 1 is 1.31 bits per heavy atom. The van der Waals surface area contributed by atoms with Gasteiger partial charge in [-0.1, -0.05) is 30.3 Å². The topological polar surface area (TPSA) is 49.3 Å². The highest BCUT2D eigenvalue weighted by Crippen LogP contribution is 2.13. The van der Waals surface area contributed by atoms with Gasteiger partial charge in [-0.3, -0.25) is 4.79 Å². The number of hydrogen-bond donors (Lipinski definition) is 2. The SMILES string of the molecule is CC(=O)C(NCCCCO)c1ccccc1. The molecule has 3 heteroatoms. The Bertz CT molecular complexity index is 311. The van der Waals surface area contributed by atoms with Crippen LogP contribution in [0.4, 0.5) is 0 Å². The molecule has 0 amide bonds. The van der Waals surface area contributed by atoms with E-state index in [2.05, 4.69) is 5.32 Å². The summed E-state index contributed by atoms with van der Waals surface area (Å²) < 4.78 is 0. The normalized spacial score (nSPS) is 12.4. The molecule has 0 aliphatic carbocycles. The molecule has 1 atom stereocenters. The van der Waals surface area contributed by atoms with E-state index in [-0.39, 0.29) is 18.4 Å². The van der Waals surface area contributed by atoms with Crippen molar-refractivity contribution in [2.45, 2.75) is 25.8 Å². The van der Waals surface area contributed by atoms with Crippen LogP contribution in [0.3, 0.4) is 0 Å². The second kappa shape index (κ2) is 7.14. The molecule has 1 unspecified atom stereocenters. The van der Waals surface area contributed by atoms with Crippen LogP contribution < -0.4 is 5.32 Å². The van der Waals surface area contributed by atoms with Gasteiger partial charge in [0.2, 0.25) is 0 Å². The Hall–Kier alpha value is -1.19. The van der Waals surface area contributed by atoms with E-state index in [1.54, 1.807) is 6.92 Å². The number of aliphatic hydroxyl groups excluding tert-OH is 1. The van der Waals surface area contributed by atoms with Crippen LogP contribution in [0, 0.1) is 0 Å². The number of carbonyl (C=O) groups excluding carboxylic acids is 1. The van der Waals surface area contributed by atoms with Crippen molar-refractivity contribution in [3.63, 3.8) is 0 Å². The number of Topliss-reactive ketones (excluding diaryl/α,β-unsaturated/α-hetero) is 1. The molecular formula is C13H19NO2. The molecule has 0 aliphatic heterocycles. The molecule has 0 heterocycles. The van der Waals surface area contributed by atoms with Gasteiger partial charge in [0.1, 0.15) is 0 Å². The fourth-order valence-electron chi connectivity index (χ4n) is 1.62. The monoisotopic (exact) mass is 221 g/mol. The van der Waals surface area contributed by atoms with Gasteiger partial charge in [-0.05, 0) is 31.9 Å². The number of ketones is 1. The zero-order valence-corrected chi connectivity index (χ0v) is 9.65. The zero-order valence-electron chi connectivity index (χ0n) is 9.65. The lowest BCUT2D eigenvalue weighted by Crippen LogP contribution is -2.28. The third kappa shape index (κ3) is 4.13. The molecule has 0 saturated carbocycles. The third-order valence-corrected chi connectivity index (χ3v) is 2.47. The first-order valence-electron chi connectivity index (χ1n) is 5.65. The van der Waals surface area contributed by atoms with Crippen LogP contribution in [0.15, 0.2) is 30.3 Å². The highest BCUT2D eigenvalue weighted by atomic mass is 16.2. The van der Waals surface area contributed by atoms with E-state index in [0.29, 0.717) is 0 Å². The summed E-state index contributed by atoms with van der Waals surface area (Å²) in [4.78, 5) is 11.5. The van der Waals surface area contributed by atoms with Crippen LogP contribution in [0.2, 0.25) is 0 Å². The average molecular weight is 221 g/mol. The van der Waals surface area contributed by atoms with Crippen molar-refractivity contribution in [2.24, 2.45) is 0 Å². The molecule has 1 aromatic rings. The van der Waals surface area contributed by atoms with Gasteiger partial charge in [-0.15, -0.1) is 0 Å². The van der Waals surface area contributed by atoms with Crippen molar-refractivity contribution in [3.8, 4) is 0 Å². The molecule has 0 radical (unpaired) electrons. The quantitative estimate of drug-likeness (QED) is 0.689. The summed E-state index contributed by atoms with van der Waals surface area (Å²) in [6.07, 6.45) is 1.65. The van der Waals surface area contributed by atoms with Gasteiger partial charge < -0.3 is 10.4 Å². The molecule has 2 N–H and O–H groups in total. The van der Waals surface area contributed by atoms with Gasteiger partial charge in [0.15, 0.2) is 5.78 Å². The molecule has 0 saturated heterocycles. The molecule has 0 spiro atoms. The Morgan fingerprint density at radius 3 is 2.56 bits per heavy atom. The summed E-state index contributed by atoms with van der Waals surface area (Å²) in [7, 11) is 0. The van der Waals surface area contributed by atoms with Gasteiger partial charge in [0.25, 0.3) is 0 Å². The molecule has 88 valence electrons. The van der Waals surface area contributed by atoms with E-state index in [4.69, 9.17) is 5.11 Å². The smallest absolute Gasteiger partial charge is 0.151 e. The lowest BCUT2D eigenvalue weighted by molar-refractivity contribution is -0.119. The largest absolute Gasteiger partial charge is 0.396 e. The Balaban J connectivity index is 2.52. The van der Waals surface area contributed by atoms with Crippen LogP contribution in [0.1, 0.15) is 31.4 Å². The van der Waals surface area contributed by atoms with Gasteiger partial charge in [-0.25, -0.2) is 0 Å². The first-order valence-corrected chi connectivity index (χ1v) is 5.65. The number of unbranched alkanes of at least 4 members (excludes halogenated alkanes) is 1. The van der Waals surface area contributed by atoms with Crippen molar-refractivity contribution in [2.75, 3.05) is 13.2 Å². The maximum Gasteiger partial charge on any atom is 0.151 e. The molecule has 0 fully saturated rings. The second-order valence-electron chi connectivity index (χ2n) is 3.84. The number of rotatable bonds is 7. The minimum absolute atomic E-state index is 0.121. The summed E-state index contributed by atoms with van der Waals surface area (Å²) in [5.74, 6) is 0.121. The molecule has 0 bridgehead atoms. The highest BCUT2D eigenvalue weighted by molar-refractivity contribution is 5.82. The zero-order chi connectivity index (χ0) is 11.8. The molecule has 1 rings (SSSR count). The second-order valence-corrected chi connectivity index (χ2v) is 3.84. The van der Waals surface area contributed by atoms with E-state index >= 15 is 0 Å². The molecule has 0 aliphatic rings. The third-order valence-electron chi connectivity index (χ3n) is 2.47. The Morgan fingerprint density at radius 2 is 2.00 bits per heavy atom. The van der Waals surface area contributed by atoms with E-state index in [0.717, 1.165) is 24.9 Å². The van der Waals surface area contributed by atoms with E-state index < -0.39 is 0 Å². The maximum absolute atomic E-state index is 11.5. The van der Waals surface area contributed by atoms with Gasteiger partial charge in [0.05, 0.1) is 6.04 Å². The van der Waals surface area contributed by atoms with Gasteiger partial charge in [0, 0.05) is 6.61 Å². The molecule has 0 aromatic heterocycles. The van der Waals surface area contributed by atoms with E-state index in [1.807, 2.05) is 30.3 Å². The van der Waals surface area contributed by atoms with Crippen molar-refractivity contribution in [1.82, 2.24) is 5.32 Å². The average Bonchev–Trinajstić information content (AvgIpc) is 2.30. The molecule has 3 nitrogen and oxygen atoms in total. The minimum Gasteiger partial charge on any atom is -0.396 e. The number of nitrogens with one attached hydrogen (secondary N) is 1. The van der Waals surface area contributed by atoms with Crippen LogP contribution in [-0.2, 0) is 4.79 Å². The Labute approximate surface area is 96.5 Å². The molecular weight excluding hydrogens is 202 g/mol. The van der Waals surface area contributed by atoms with Crippen molar-refractivity contribution in [1.29, 1.82) is 0 Å². The lowest BCUT2D eigenvalue weighted by Gasteiger charge is -2.15. The van der Waals surface area contributed by atoms with Gasteiger partial charge in [-0.2, -0.15) is 0 Å². The summed E-state index contributed by atoms with van der Waals surface area (Å²) >= 11 is 0. The van der Waals surface area contributed by atoms with Crippen molar-refractivity contribution < 1.29 is 9.90 Å². The number of aliphatic hydroxyl groups is 1. The number of carbonyl (C=O) groups is 1. The summed E-state index contributed by atoms with van der Waals surface area (Å²) in [5, 5.41) is 11.9. The standard InChI is InChI=1S/C13H19NO2/c1-11(16)13(14-9-5-6-10-15)12-7-3-2-4-8-12/h2-4,7-8,13-15H,5-6,9-10H2,1H3. The van der Waals surface area contributed by atoms with Crippen molar-refractivity contribution in [3.05, 3.63) is 35.9 Å². The minimum atomic E-state index is -0.222. The van der Waals surface area contributed by atoms with Crippen LogP contribution in [0.25, 0.3) is 0 Å². The Kier molecular flexibility index (Phi) is 5.75. The highest BCUT2D eigenvalue weighted by Gasteiger charge is 2.14. The van der Waals surface area contributed by atoms with E-state index in [9.17, 15) is 4.79 Å². The van der Waals surface area contributed by atoms with Crippen LogP contribution >= 0.6 is 0 Å². The molecule has 16 heavy (non-hydrogen) atoms. The predicted octanol–water partition coefficient (Wildman–Crippen LogP) is 1.68. The maximum atomic E-state index is 11.5. The predicted molar refractivity (Wildman–Crippen MR) is 64.2 cm³/mol. The van der Waals surface area contributed by atoms with Crippen molar-refractivity contribution >= 4 is 5.78 Å². The van der Waals surface area contributed by atoms with Gasteiger partial charge >= 0.3 is 0 Å². The first-order chi connectivity index (χ1) is 7.75. The summed E-state index contributed by atoms with van der Waals surface area (Å²) in [6.45, 7) is 2.55. The number of benzene rings is 1. The fraction of sp³-hybridized carbons (Fsp3) is 0.462. The summed E-state index contributed by atoms with van der Waals surface area (Å²) in [5.41, 5.74) is 0.999. The lowest BCUT2D eigenvalue weighted by atomic mass is 10.0. The molecule has 1 aromatic carbocycles. The fourth-order valence-corrected chi connectivity index (χ4v) is 1.62. The van der Waals surface area contributed by atoms with E-state index in [1.165, 1.54) is 0 Å². The number of hydrogen-bond acceptors (Lipinski definition) is 3. The summed E-state index contributed by atoms with van der Waals surface area (Å²) in [6, 6.07) is 9.48. The van der Waals surface area contributed by atoms with Crippen LogP contribution in [-0.4, -0.2) is 24.0 Å². The first kappa shape index (κ1) is 12.9.